The van der Waals surface area contributed by atoms with E-state index in [1.54, 1.807) is 0 Å². The van der Waals surface area contributed by atoms with E-state index in [2.05, 4.69) is 31.2 Å². The molecule has 1 unspecified atom stereocenters. The van der Waals surface area contributed by atoms with Crippen LogP contribution in [0.15, 0.2) is 24.3 Å². The van der Waals surface area contributed by atoms with Crippen molar-refractivity contribution >= 4 is 0 Å². The molecule has 94 valence electrons. The van der Waals surface area contributed by atoms with E-state index in [4.69, 9.17) is 5.73 Å². The third-order valence-electron chi connectivity index (χ3n) is 3.89. The molecule has 1 aliphatic carbocycles. The molecule has 1 fully saturated rings. The van der Waals surface area contributed by atoms with Crippen molar-refractivity contribution in [3.05, 3.63) is 35.4 Å². The summed E-state index contributed by atoms with van der Waals surface area (Å²) in [5, 5.41) is 9.69. The number of hydrogen-bond donors (Lipinski definition) is 2. The van der Waals surface area contributed by atoms with Crippen LogP contribution >= 0.6 is 0 Å². The van der Waals surface area contributed by atoms with Crippen molar-refractivity contribution in [3.63, 3.8) is 0 Å². The van der Waals surface area contributed by atoms with Crippen LogP contribution in [0.25, 0.3) is 0 Å². The standard InChI is InChI=1S/C15H23NO/c1-12-2-4-13(5-3-12)8-15(10-16,11-17)9-14-6-7-14/h2-5,14,17H,6-11,16H2,1H3. The summed E-state index contributed by atoms with van der Waals surface area (Å²) >= 11 is 0. The number of aryl methyl sites for hydroxylation is 1. The fourth-order valence-electron chi connectivity index (χ4n) is 2.49. The molecule has 0 radical (unpaired) electrons. The molecule has 17 heavy (non-hydrogen) atoms. The molecule has 2 rings (SSSR count). The highest BCUT2D eigenvalue weighted by atomic mass is 16.3. The van der Waals surface area contributed by atoms with Gasteiger partial charge in [0.05, 0.1) is 6.61 Å². The quantitative estimate of drug-likeness (QED) is 0.792. The van der Waals surface area contributed by atoms with Gasteiger partial charge in [-0.05, 0) is 31.2 Å². The van der Waals surface area contributed by atoms with E-state index < -0.39 is 0 Å². The Morgan fingerprint density at radius 3 is 2.41 bits per heavy atom. The van der Waals surface area contributed by atoms with E-state index in [9.17, 15) is 5.11 Å². The maximum Gasteiger partial charge on any atom is 0.0502 e. The van der Waals surface area contributed by atoms with Crippen LogP contribution in [-0.2, 0) is 6.42 Å². The van der Waals surface area contributed by atoms with Gasteiger partial charge in [0.2, 0.25) is 0 Å². The second-order valence-electron chi connectivity index (χ2n) is 5.67. The maximum atomic E-state index is 9.69. The average Bonchev–Trinajstić information content (AvgIpc) is 3.15. The fraction of sp³-hybridized carbons (Fsp3) is 0.600. The number of nitrogens with two attached hydrogens (primary N) is 1. The molecule has 1 saturated carbocycles. The molecule has 0 heterocycles. The van der Waals surface area contributed by atoms with Gasteiger partial charge in [-0.25, -0.2) is 0 Å². The van der Waals surface area contributed by atoms with Gasteiger partial charge in [0.15, 0.2) is 0 Å². The Kier molecular flexibility index (Phi) is 3.85. The van der Waals surface area contributed by atoms with Gasteiger partial charge in [0, 0.05) is 12.0 Å². The van der Waals surface area contributed by atoms with Crippen LogP contribution in [0, 0.1) is 18.3 Å². The molecular formula is C15H23NO. The van der Waals surface area contributed by atoms with Gasteiger partial charge in [0.25, 0.3) is 0 Å². The number of benzene rings is 1. The summed E-state index contributed by atoms with van der Waals surface area (Å²) in [4.78, 5) is 0. The minimum absolute atomic E-state index is 0.101. The number of aliphatic hydroxyl groups excluding tert-OH is 1. The molecule has 0 aromatic heterocycles. The van der Waals surface area contributed by atoms with E-state index in [0.717, 1.165) is 18.8 Å². The van der Waals surface area contributed by atoms with Crippen molar-refractivity contribution in [2.45, 2.75) is 32.6 Å². The van der Waals surface area contributed by atoms with Gasteiger partial charge in [-0.2, -0.15) is 0 Å². The SMILES string of the molecule is Cc1ccc(CC(CN)(CO)CC2CC2)cc1. The smallest absolute Gasteiger partial charge is 0.0502 e. The summed E-state index contributed by atoms with van der Waals surface area (Å²) in [7, 11) is 0. The van der Waals surface area contributed by atoms with Crippen LogP contribution in [0.1, 0.15) is 30.4 Å². The van der Waals surface area contributed by atoms with E-state index in [1.165, 1.54) is 24.0 Å². The molecule has 1 aromatic carbocycles. The van der Waals surface area contributed by atoms with E-state index in [0.29, 0.717) is 6.54 Å². The monoisotopic (exact) mass is 233 g/mol. The van der Waals surface area contributed by atoms with Crippen molar-refractivity contribution < 1.29 is 5.11 Å². The molecule has 2 nitrogen and oxygen atoms in total. The number of rotatable bonds is 6. The number of aliphatic hydroxyl groups is 1. The van der Waals surface area contributed by atoms with Crippen molar-refractivity contribution in [2.24, 2.45) is 17.1 Å². The van der Waals surface area contributed by atoms with Gasteiger partial charge in [-0.3, -0.25) is 0 Å². The zero-order valence-corrected chi connectivity index (χ0v) is 10.7. The molecule has 2 heteroatoms. The van der Waals surface area contributed by atoms with Crippen LogP contribution in [0.5, 0.6) is 0 Å². The van der Waals surface area contributed by atoms with Crippen molar-refractivity contribution in [1.82, 2.24) is 0 Å². The Balaban J connectivity index is 2.07. The second kappa shape index (κ2) is 5.19. The first-order valence-electron chi connectivity index (χ1n) is 6.54. The van der Waals surface area contributed by atoms with E-state index >= 15 is 0 Å². The first kappa shape index (κ1) is 12.6. The predicted octanol–water partition coefficient (Wildman–Crippen LogP) is 2.28. The van der Waals surface area contributed by atoms with Crippen molar-refractivity contribution in [1.29, 1.82) is 0 Å². The van der Waals surface area contributed by atoms with Gasteiger partial charge in [-0.1, -0.05) is 42.7 Å². The third kappa shape index (κ3) is 3.30. The lowest BCUT2D eigenvalue weighted by molar-refractivity contribution is 0.115. The van der Waals surface area contributed by atoms with Crippen molar-refractivity contribution in [2.75, 3.05) is 13.2 Å². The molecule has 1 aromatic rings. The Labute approximate surface area is 104 Å². The molecule has 1 atom stereocenters. The predicted molar refractivity (Wildman–Crippen MR) is 70.8 cm³/mol. The minimum Gasteiger partial charge on any atom is -0.396 e. The van der Waals surface area contributed by atoms with Gasteiger partial charge in [0.1, 0.15) is 0 Å². The molecule has 1 aliphatic rings. The summed E-state index contributed by atoms with van der Waals surface area (Å²) in [5.41, 5.74) is 8.38. The number of hydrogen-bond acceptors (Lipinski definition) is 2. The molecule has 0 saturated heterocycles. The lowest BCUT2D eigenvalue weighted by Crippen LogP contribution is -2.37. The van der Waals surface area contributed by atoms with Crippen LogP contribution in [0.3, 0.4) is 0 Å². The fourth-order valence-corrected chi connectivity index (χ4v) is 2.49. The van der Waals surface area contributed by atoms with Gasteiger partial charge < -0.3 is 10.8 Å². The Bertz CT molecular complexity index is 350. The summed E-state index contributed by atoms with van der Waals surface area (Å²) in [6, 6.07) is 8.57. The largest absolute Gasteiger partial charge is 0.396 e. The minimum atomic E-state index is -0.101. The lowest BCUT2D eigenvalue weighted by atomic mass is 9.78. The van der Waals surface area contributed by atoms with Crippen LogP contribution < -0.4 is 5.73 Å². The molecule has 0 aliphatic heterocycles. The highest BCUT2D eigenvalue weighted by Crippen LogP contribution is 2.41. The molecule has 3 N–H and O–H groups in total. The van der Waals surface area contributed by atoms with E-state index in [-0.39, 0.29) is 12.0 Å². The van der Waals surface area contributed by atoms with E-state index in [1.807, 2.05) is 0 Å². The van der Waals surface area contributed by atoms with Crippen LogP contribution in [0.4, 0.5) is 0 Å². The van der Waals surface area contributed by atoms with Gasteiger partial charge in [-0.15, -0.1) is 0 Å². The summed E-state index contributed by atoms with van der Waals surface area (Å²) in [6.45, 7) is 2.87. The summed E-state index contributed by atoms with van der Waals surface area (Å²) < 4.78 is 0. The first-order chi connectivity index (χ1) is 8.17. The maximum absolute atomic E-state index is 9.69. The summed E-state index contributed by atoms with van der Waals surface area (Å²) in [5.74, 6) is 0.802. The average molecular weight is 233 g/mol. The zero-order chi connectivity index (χ0) is 12.3. The lowest BCUT2D eigenvalue weighted by Gasteiger charge is -2.31. The molecule has 0 spiro atoms. The van der Waals surface area contributed by atoms with Crippen molar-refractivity contribution in [3.8, 4) is 0 Å². The Morgan fingerprint density at radius 1 is 1.29 bits per heavy atom. The topological polar surface area (TPSA) is 46.2 Å². The highest BCUT2D eigenvalue weighted by molar-refractivity contribution is 5.22. The van der Waals surface area contributed by atoms with Gasteiger partial charge >= 0.3 is 0 Å². The summed E-state index contributed by atoms with van der Waals surface area (Å²) in [6.07, 6.45) is 4.61. The molecular weight excluding hydrogens is 210 g/mol. The second-order valence-corrected chi connectivity index (χ2v) is 5.67. The highest BCUT2D eigenvalue weighted by Gasteiger charge is 2.35. The molecule has 0 bridgehead atoms. The normalized spacial score (nSPS) is 19.0. The third-order valence-corrected chi connectivity index (χ3v) is 3.89. The van der Waals surface area contributed by atoms with Crippen LogP contribution in [-0.4, -0.2) is 18.3 Å². The van der Waals surface area contributed by atoms with Crippen LogP contribution in [0.2, 0.25) is 0 Å². The zero-order valence-electron chi connectivity index (χ0n) is 10.7. The Hall–Kier alpha value is -0.860. The molecule has 0 amide bonds. The first-order valence-corrected chi connectivity index (χ1v) is 6.54. The Morgan fingerprint density at radius 2 is 1.94 bits per heavy atom.